The molecule has 1 heterocycles. The van der Waals surface area contributed by atoms with E-state index < -0.39 is 28.3 Å². The summed E-state index contributed by atoms with van der Waals surface area (Å²) in [5.41, 5.74) is 0.792. The number of nitrogens with zero attached hydrogens (tertiary/aromatic N) is 1. The fourth-order valence-electron chi connectivity index (χ4n) is 2.46. The molecule has 0 unspecified atom stereocenters. The summed E-state index contributed by atoms with van der Waals surface area (Å²) in [5.74, 6) is -0.383. The highest BCUT2D eigenvalue weighted by molar-refractivity contribution is 7.92. The van der Waals surface area contributed by atoms with E-state index in [1.165, 1.54) is 31.3 Å². The highest BCUT2D eigenvalue weighted by Gasteiger charge is 2.33. The van der Waals surface area contributed by atoms with E-state index in [1.54, 1.807) is 0 Å². The van der Waals surface area contributed by atoms with Crippen LogP contribution in [0.1, 0.15) is 16.8 Å². The summed E-state index contributed by atoms with van der Waals surface area (Å²) in [6.07, 6.45) is -0.158. The van der Waals surface area contributed by atoms with Crippen LogP contribution in [-0.4, -0.2) is 69.3 Å². The van der Waals surface area contributed by atoms with Crippen LogP contribution in [0.2, 0.25) is 0 Å². The lowest BCUT2D eigenvalue weighted by Gasteiger charge is -2.34. The minimum Gasteiger partial charge on any atom is -0.394 e. The Bertz CT molecular complexity index is 676. The Morgan fingerprint density at radius 3 is 2.54 bits per heavy atom. The molecule has 8 nitrogen and oxygen atoms in total. The number of carbonyl (C=O) groups excluding carboxylic acids is 1. The minimum atomic E-state index is -3.37. The molecular formula is C15H22N2O6S. The summed E-state index contributed by atoms with van der Waals surface area (Å²) in [7, 11) is -1.94. The topological polar surface area (TPSA) is 116 Å². The van der Waals surface area contributed by atoms with Crippen LogP contribution in [-0.2, 0) is 14.8 Å². The van der Waals surface area contributed by atoms with Crippen molar-refractivity contribution in [2.24, 2.45) is 0 Å². The molecule has 0 spiro atoms. The van der Waals surface area contributed by atoms with Crippen LogP contribution in [0.4, 0.5) is 5.69 Å². The predicted octanol–water partition coefficient (Wildman–Crippen LogP) is -0.677. The average molecular weight is 358 g/mol. The molecule has 1 aromatic rings. The number of aliphatic hydroxyl groups is 2. The number of carbonyl (C=O) groups is 1. The Balaban J connectivity index is 2.05. The van der Waals surface area contributed by atoms with E-state index in [2.05, 4.69) is 5.32 Å². The van der Waals surface area contributed by atoms with Gasteiger partial charge in [0.15, 0.2) is 0 Å². The zero-order valence-electron chi connectivity index (χ0n) is 13.5. The van der Waals surface area contributed by atoms with Crippen molar-refractivity contribution in [3.8, 4) is 0 Å². The molecule has 1 aliphatic rings. The molecule has 24 heavy (non-hydrogen) atoms. The number of ether oxygens (including phenoxy) is 1. The number of sulfonamides is 1. The van der Waals surface area contributed by atoms with Crippen LogP contribution in [0, 0.1) is 0 Å². The number of nitrogens with one attached hydrogen (secondary N) is 1. The normalized spacial score (nSPS) is 24.4. The summed E-state index contributed by atoms with van der Waals surface area (Å²) in [5, 5.41) is 21.9. The third kappa shape index (κ3) is 4.23. The highest BCUT2D eigenvalue weighted by Crippen LogP contribution is 2.18. The molecule has 2 rings (SSSR count). The standard InChI is InChI=1S/C15H22N2O6S/c1-17(24(2,21)22)11-5-3-10(4-6-11)15(20)16-12-7-8-23-13(9-18)14(12)19/h3-6,12-14,18-19H,7-9H2,1-2H3,(H,16,20)/t12-,13+,14-/m0/s1. The van der Waals surface area contributed by atoms with Gasteiger partial charge < -0.3 is 20.3 Å². The third-order valence-electron chi connectivity index (χ3n) is 4.04. The molecule has 1 saturated heterocycles. The summed E-state index contributed by atoms with van der Waals surface area (Å²) < 4.78 is 29.3. The van der Waals surface area contributed by atoms with Crippen LogP contribution in [0.3, 0.4) is 0 Å². The lowest BCUT2D eigenvalue weighted by atomic mass is 9.99. The smallest absolute Gasteiger partial charge is 0.251 e. The van der Waals surface area contributed by atoms with Crippen molar-refractivity contribution in [2.45, 2.75) is 24.7 Å². The first kappa shape index (κ1) is 18.7. The van der Waals surface area contributed by atoms with Gasteiger partial charge in [0, 0.05) is 19.2 Å². The van der Waals surface area contributed by atoms with E-state index in [0.29, 0.717) is 24.3 Å². The predicted molar refractivity (Wildman–Crippen MR) is 88.4 cm³/mol. The Morgan fingerprint density at radius 1 is 1.38 bits per heavy atom. The van der Waals surface area contributed by atoms with Crippen molar-refractivity contribution >= 4 is 21.6 Å². The molecule has 0 saturated carbocycles. The molecule has 3 atom stereocenters. The molecule has 1 aliphatic heterocycles. The first-order valence-corrected chi connectivity index (χ1v) is 9.34. The molecule has 1 aromatic carbocycles. The second-order valence-corrected chi connectivity index (χ2v) is 7.74. The molecule has 3 N–H and O–H groups in total. The van der Waals surface area contributed by atoms with Gasteiger partial charge in [-0.1, -0.05) is 0 Å². The largest absolute Gasteiger partial charge is 0.394 e. The second-order valence-electron chi connectivity index (χ2n) is 5.73. The number of aliphatic hydroxyl groups excluding tert-OH is 2. The molecule has 1 fully saturated rings. The van der Waals surface area contributed by atoms with Gasteiger partial charge in [-0.15, -0.1) is 0 Å². The number of hydrogen-bond acceptors (Lipinski definition) is 6. The Kier molecular flexibility index (Phi) is 5.81. The Hall–Kier alpha value is -1.68. The van der Waals surface area contributed by atoms with Crippen LogP contribution in [0.5, 0.6) is 0 Å². The zero-order chi connectivity index (χ0) is 17.9. The van der Waals surface area contributed by atoms with Gasteiger partial charge in [-0.05, 0) is 30.7 Å². The van der Waals surface area contributed by atoms with Crippen LogP contribution < -0.4 is 9.62 Å². The molecule has 1 amide bonds. The van der Waals surface area contributed by atoms with E-state index in [4.69, 9.17) is 9.84 Å². The van der Waals surface area contributed by atoms with Crippen molar-refractivity contribution < 1.29 is 28.2 Å². The number of anilines is 1. The zero-order valence-corrected chi connectivity index (χ0v) is 14.4. The SMILES string of the molecule is CN(c1ccc(C(=O)N[C@H]2CCO[C@H](CO)[C@H]2O)cc1)S(C)(=O)=O. The van der Waals surface area contributed by atoms with E-state index in [0.717, 1.165) is 10.6 Å². The highest BCUT2D eigenvalue weighted by atomic mass is 32.2. The molecular weight excluding hydrogens is 336 g/mol. The van der Waals surface area contributed by atoms with E-state index in [-0.39, 0.29) is 12.5 Å². The molecule has 0 bridgehead atoms. The fourth-order valence-corrected chi connectivity index (χ4v) is 2.96. The maximum Gasteiger partial charge on any atom is 0.251 e. The second kappa shape index (κ2) is 7.47. The first-order valence-electron chi connectivity index (χ1n) is 7.49. The maximum absolute atomic E-state index is 12.3. The van der Waals surface area contributed by atoms with E-state index in [9.17, 15) is 18.3 Å². The monoisotopic (exact) mass is 358 g/mol. The number of hydrogen-bond donors (Lipinski definition) is 3. The molecule has 0 radical (unpaired) electrons. The maximum atomic E-state index is 12.3. The average Bonchev–Trinajstić information content (AvgIpc) is 2.55. The van der Waals surface area contributed by atoms with Gasteiger partial charge in [-0.25, -0.2) is 8.42 Å². The van der Waals surface area contributed by atoms with Gasteiger partial charge in [-0.3, -0.25) is 9.10 Å². The summed E-state index contributed by atoms with van der Waals surface area (Å²) in [6.45, 7) is 0.0192. The van der Waals surface area contributed by atoms with Crippen LogP contribution in [0.15, 0.2) is 24.3 Å². The number of rotatable bonds is 5. The Morgan fingerprint density at radius 2 is 2.00 bits per heavy atom. The molecule has 134 valence electrons. The fraction of sp³-hybridized carbons (Fsp3) is 0.533. The van der Waals surface area contributed by atoms with E-state index >= 15 is 0 Å². The van der Waals surface area contributed by atoms with Crippen LogP contribution >= 0.6 is 0 Å². The van der Waals surface area contributed by atoms with Crippen molar-refractivity contribution in [1.82, 2.24) is 5.32 Å². The molecule has 9 heteroatoms. The number of amides is 1. The lowest BCUT2D eigenvalue weighted by molar-refractivity contribution is -0.107. The van der Waals surface area contributed by atoms with Gasteiger partial charge in [0.05, 0.1) is 24.6 Å². The van der Waals surface area contributed by atoms with Gasteiger partial charge >= 0.3 is 0 Å². The molecule has 0 aromatic heterocycles. The van der Waals surface area contributed by atoms with Crippen molar-refractivity contribution in [3.63, 3.8) is 0 Å². The van der Waals surface area contributed by atoms with Gasteiger partial charge in [0.25, 0.3) is 5.91 Å². The van der Waals surface area contributed by atoms with Gasteiger partial charge in [-0.2, -0.15) is 0 Å². The summed E-state index contributed by atoms with van der Waals surface area (Å²) >= 11 is 0. The van der Waals surface area contributed by atoms with E-state index in [1.807, 2.05) is 0 Å². The quantitative estimate of drug-likeness (QED) is 0.642. The van der Waals surface area contributed by atoms with Gasteiger partial charge in [0.2, 0.25) is 10.0 Å². The minimum absolute atomic E-state index is 0.319. The van der Waals surface area contributed by atoms with Gasteiger partial charge in [0.1, 0.15) is 12.2 Å². The number of benzene rings is 1. The summed E-state index contributed by atoms with van der Waals surface area (Å²) in [4.78, 5) is 12.3. The third-order valence-corrected chi connectivity index (χ3v) is 5.25. The van der Waals surface area contributed by atoms with Crippen molar-refractivity contribution in [3.05, 3.63) is 29.8 Å². The molecule has 0 aliphatic carbocycles. The Labute approximate surface area is 141 Å². The lowest BCUT2D eigenvalue weighted by Crippen LogP contribution is -2.54. The van der Waals surface area contributed by atoms with Crippen molar-refractivity contribution in [1.29, 1.82) is 0 Å². The van der Waals surface area contributed by atoms with Crippen LogP contribution in [0.25, 0.3) is 0 Å². The first-order chi connectivity index (χ1) is 11.2. The summed E-state index contributed by atoms with van der Waals surface area (Å²) in [6, 6.07) is 5.59. The van der Waals surface area contributed by atoms with Crippen molar-refractivity contribution in [2.75, 3.05) is 30.8 Å².